The number of rotatable bonds is 1. The molecule has 0 atom stereocenters. The van der Waals surface area contributed by atoms with Crippen LogP contribution in [0.2, 0.25) is 0 Å². The molecule has 2 N–H and O–H groups in total. The molecule has 0 spiro atoms. The molecule has 0 aliphatic heterocycles. The first-order valence-corrected chi connectivity index (χ1v) is 5.21. The maximum absolute atomic E-state index is 13.1. The number of carbonyl (C=O) groups is 1. The first kappa shape index (κ1) is 9.54. The van der Waals surface area contributed by atoms with Crippen LogP contribution in [-0.4, -0.2) is 10.3 Å². The highest BCUT2D eigenvalue weighted by Gasteiger charge is 2.16. The summed E-state index contributed by atoms with van der Waals surface area (Å²) in [7, 11) is 0. The number of carbonyl (C=O) groups excluding carboxylic acids is 1. The van der Waals surface area contributed by atoms with Crippen molar-refractivity contribution in [1.29, 1.82) is 0 Å². The molecule has 0 saturated heterocycles. The van der Waals surface area contributed by atoms with Gasteiger partial charge in [-0.25, -0.2) is 4.39 Å². The molecule has 3 nitrogen and oxygen atoms in total. The quantitative estimate of drug-likeness (QED) is 0.868. The summed E-state index contributed by atoms with van der Waals surface area (Å²) in [6.07, 6.45) is 0. The molecule has 0 bridgehead atoms. The van der Waals surface area contributed by atoms with E-state index < -0.39 is 11.7 Å². The Kier molecular flexibility index (Phi) is 2.24. The van der Waals surface area contributed by atoms with Crippen molar-refractivity contribution in [1.82, 2.24) is 4.37 Å². The molecule has 1 aromatic heterocycles. The molecule has 72 valence electrons. The third kappa shape index (κ3) is 1.31. The van der Waals surface area contributed by atoms with Gasteiger partial charge in [0.05, 0.1) is 9.17 Å². The highest BCUT2D eigenvalue weighted by Crippen LogP contribution is 2.31. The molecule has 0 radical (unpaired) electrons. The maximum Gasteiger partial charge on any atom is 0.269 e. The number of aromatic nitrogens is 1. The normalized spacial score (nSPS) is 10.7. The lowest BCUT2D eigenvalue weighted by Gasteiger charge is -1.96. The third-order valence-corrected chi connectivity index (χ3v) is 3.35. The standard InChI is InChI=1S/C8H4BrFN2OS/c9-6-3(10)1-2-4-5(6)7(8(11)13)12-14-4/h1-2H,(H2,11,13). The van der Waals surface area contributed by atoms with Gasteiger partial charge >= 0.3 is 0 Å². The molecule has 1 heterocycles. The summed E-state index contributed by atoms with van der Waals surface area (Å²) in [5, 5.41) is 0.447. The molecule has 1 aromatic carbocycles. The van der Waals surface area contributed by atoms with Crippen LogP contribution in [0.3, 0.4) is 0 Å². The Morgan fingerprint density at radius 1 is 1.57 bits per heavy atom. The summed E-state index contributed by atoms with van der Waals surface area (Å²) < 4.78 is 18.0. The van der Waals surface area contributed by atoms with Crippen molar-refractivity contribution in [2.75, 3.05) is 0 Å². The molecule has 0 aliphatic rings. The summed E-state index contributed by atoms with van der Waals surface area (Å²) in [4.78, 5) is 11.0. The summed E-state index contributed by atoms with van der Waals surface area (Å²) in [6.45, 7) is 0. The fourth-order valence-electron chi connectivity index (χ4n) is 1.14. The average Bonchev–Trinajstić information content (AvgIpc) is 2.55. The second kappa shape index (κ2) is 3.29. The Morgan fingerprint density at radius 2 is 2.29 bits per heavy atom. The Bertz CT molecular complexity index is 525. The van der Waals surface area contributed by atoms with Crippen LogP contribution in [-0.2, 0) is 0 Å². The Balaban J connectivity index is 2.89. The number of fused-ring (bicyclic) bond motifs is 1. The van der Waals surface area contributed by atoms with Gasteiger partial charge in [-0.05, 0) is 39.6 Å². The van der Waals surface area contributed by atoms with E-state index in [1.54, 1.807) is 6.07 Å². The van der Waals surface area contributed by atoms with E-state index in [0.29, 0.717) is 5.39 Å². The van der Waals surface area contributed by atoms with Gasteiger partial charge in [0.25, 0.3) is 5.91 Å². The topological polar surface area (TPSA) is 56.0 Å². The van der Waals surface area contributed by atoms with E-state index >= 15 is 0 Å². The first-order chi connectivity index (χ1) is 6.61. The van der Waals surface area contributed by atoms with Crippen molar-refractivity contribution in [2.45, 2.75) is 0 Å². The molecule has 0 fully saturated rings. The van der Waals surface area contributed by atoms with Gasteiger partial charge in [-0.3, -0.25) is 4.79 Å². The van der Waals surface area contributed by atoms with E-state index in [1.807, 2.05) is 0 Å². The molecule has 14 heavy (non-hydrogen) atoms. The van der Waals surface area contributed by atoms with E-state index in [2.05, 4.69) is 20.3 Å². The zero-order valence-electron chi connectivity index (χ0n) is 6.75. The molecule has 0 aliphatic carbocycles. The van der Waals surface area contributed by atoms with Crippen LogP contribution in [0.25, 0.3) is 10.1 Å². The monoisotopic (exact) mass is 274 g/mol. The number of nitrogens with two attached hydrogens (primary N) is 1. The summed E-state index contributed by atoms with van der Waals surface area (Å²) >= 11 is 4.18. The number of amides is 1. The molecular formula is C8H4BrFN2OS. The van der Waals surface area contributed by atoms with Gasteiger partial charge in [-0.2, -0.15) is 4.37 Å². The van der Waals surface area contributed by atoms with Gasteiger partial charge in [0.15, 0.2) is 5.69 Å². The molecular weight excluding hydrogens is 271 g/mol. The highest BCUT2D eigenvalue weighted by molar-refractivity contribution is 9.10. The summed E-state index contributed by atoms with van der Waals surface area (Å²) in [6, 6.07) is 2.88. The van der Waals surface area contributed by atoms with Crippen LogP contribution >= 0.6 is 27.5 Å². The van der Waals surface area contributed by atoms with E-state index in [0.717, 1.165) is 16.2 Å². The second-order valence-corrected chi connectivity index (χ2v) is 4.23. The average molecular weight is 275 g/mol. The van der Waals surface area contributed by atoms with Gasteiger partial charge in [-0.15, -0.1) is 0 Å². The molecule has 2 rings (SSSR count). The number of halogens is 2. The number of primary amides is 1. The van der Waals surface area contributed by atoms with Crippen molar-refractivity contribution >= 4 is 43.5 Å². The van der Waals surface area contributed by atoms with E-state index in [4.69, 9.17) is 5.73 Å². The lowest BCUT2D eigenvalue weighted by Crippen LogP contribution is -2.11. The van der Waals surface area contributed by atoms with Crippen LogP contribution in [0.1, 0.15) is 10.5 Å². The predicted molar refractivity (Wildman–Crippen MR) is 55.8 cm³/mol. The Labute approximate surface area is 91.0 Å². The van der Waals surface area contributed by atoms with Crippen LogP contribution < -0.4 is 5.73 Å². The minimum atomic E-state index is -0.650. The fraction of sp³-hybridized carbons (Fsp3) is 0. The van der Waals surface area contributed by atoms with Crippen LogP contribution in [0.4, 0.5) is 4.39 Å². The van der Waals surface area contributed by atoms with Gasteiger partial charge < -0.3 is 5.73 Å². The third-order valence-electron chi connectivity index (χ3n) is 1.76. The lowest BCUT2D eigenvalue weighted by molar-refractivity contribution is 0.0998. The van der Waals surface area contributed by atoms with Gasteiger partial charge in [-0.1, -0.05) is 0 Å². The minimum absolute atomic E-state index is 0.108. The number of hydrogen-bond donors (Lipinski definition) is 1. The van der Waals surface area contributed by atoms with Gasteiger partial charge in [0.1, 0.15) is 5.82 Å². The van der Waals surface area contributed by atoms with Crippen molar-refractivity contribution in [3.8, 4) is 0 Å². The minimum Gasteiger partial charge on any atom is -0.364 e. The van der Waals surface area contributed by atoms with Crippen molar-refractivity contribution in [2.24, 2.45) is 5.73 Å². The zero-order chi connectivity index (χ0) is 10.3. The van der Waals surface area contributed by atoms with Crippen molar-refractivity contribution in [3.63, 3.8) is 0 Å². The summed E-state index contributed by atoms with van der Waals surface area (Å²) in [5.41, 5.74) is 5.21. The van der Waals surface area contributed by atoms with E-state index in [-0.39, 0.29) is 10.2 Å². The smallest absolute Gasteiger partial charge is 0.269 e. The van der Waals surface area contributed by atoms with Gasteiger partial charge in [0.2, 0.25) is 0 Å². The van der Waals surface area contributed by atoms with Crippen LogP contribution in [0, 0.1) is 5.82 Å². The predicted octanol–water partition coefficient (Wildman–Crippen LogP) is 2.30. The number of hydrogen-bond acceptors (Lipinski definition) is 3. The molecule has 0 saturated carbocycles. The van der Waals surface area contributed by atoms with Crippen LogP contribution in [0.5, 0.6) is 0 Å². The SMILES string of the molecule is NC(=O)c1nsc2ccc(F)c(Br)c12. The second-order valence-electron chi connectivity index (χ2n) is 2.63. The highest BCUT2D eigenvalue weighted by atomic mass is 79.9. The molecule has 1 amide bonds. The maximum atomic E-state index is 13.1. The van der Waals surface area contributed by atoms with Gasteiger partial charge in [0, 0.05) is 5.39 Å². The largest absolute Gasteiger partial charge is 0.364 e. The van der Waals surface area contributed by atoms with Crippen molar-refractivity contribution < 1.29 is 9.18 Å². The number of benzene rings is 1. The number of nitrogens with zero attached hydrogens (tertiary/aromatic N) is 1. The first-order valence-electron chi connectivity index (χ1n) is 3.64. The Morgan fingerprint density at radius 3 is 2.93 bits per heavy atom. The molecule has 0 unspecified atom stereocenters. The molecule has 6 heteroatoms. The van der Waals surface area contributed by atoms with Crippen molar-refractivity contribution in [3.05, 3.63) is 28.1 Å². The summed E-state index contributed by atoms with van der Waals surface area (Å²) in [5.74, 6) is -1.08. The van der Waals surface area contributed by atoms with Crippen LogP contribution in [0.15, 0.2) is 16.6 Å². The fourth-order valence-corrected chi connectivity index (χ4v) is 2.59. The lowest BCUT2D eigenvalue weighted by atomic mass is 10.2. The zero-order valence-corrected chi connectivity index (χ0v) is 9.15. The Hall–Kier alpha value is -1.01. The van der Waals surface area contributed by atoms with E-state index in [9.17, 15) is 9.18 Å². The molecule has 2 aromatic rings. The van der Waals surface area contributed by atoms with E-state index in [1.165, 1.54) is 6.07 Å².